The van der Waals surface area contributed by atoms with Crippen molar-refractivity contribution >= 4 is 17.2 Å². The van der Waals surface area contributed by atoms with Gasteiger partial charge < -0.3 is 0 Å². The van der Waals surface area contributed by atoms with E-state index in [9.17, 15) is 9.59 Å². The molecular formula is C11H16N2O3S. The van der Waals surface area contributed by atoms with Crippen LogP contribution in [0, 0.1) is 6.92 Å². The standard InChI is InChI=1S/C11H16N2O3S/c1-8-7-17-11(15)13(8)6-10(14)12-16-9-4-2-3-5-9/h7,9H,2-6H2,1H3,(H,12,14). The summed E-state index contributed by atoms with van der Waals surface area (Å²) >= 11 is 1.10. The molecule has 0 aromatic carbocycles. The predicted molar refractivity (Wildman–Crippen MR) is 64.8 cm³/mol. The van der Waals surface area contributed by atoms with E-state index in [0.29, 0.717) is 0 Å². The first-order valence-corrected chi connectivity index (χ1v) is 6.64. The van der Waals surface area contributed by atoms with Crippen LogP contribution in [0.5, 0.6) is 0 Å². The molecule has 0 atom stereocenters. The number of carbonyl (C=O) groups is 1. The molecule has 0 bridgehead atoms. The Morgan fingerprint density at radius 1 is 1.59 bits per heavy atom. The molecule has 5 nitrogen and oxygen atoms in total. The summed E-state index contributed by atoms with van der Waals surface area (Å²) in [5.41, 5.74) is 3.23. The Labute approximate surface area is 103 Å². The molecule has 0 radical (unpaired) electrons. The third-order valence-electron chi connectivity index (χ3n) is 2.92. The number of hydrogen-bond donors (Lipinski definition) is 1. The molecule has 0 aliphatic heterocycles. The van der Waals surface area contributed by atoms with Crippen LogP contribution in [0.4, 0.5) is 0 Å². The smallest absolute Gasteiger partial charge is 0.294 e. The number of hydroxylamine groups is 1. The zero-order valence-corrected chi connectivity index (χ0v) is 10.6. The van der Waals surface area contributed by atoms with E-state index in [1.54, 1.807) is 5.38 Å². The van der Waals surface area contributed by atoms with Gasteiger partial charge >= 0.3 is 4.87 Å². The Hall–Kier alpha value is -1.14. The molecule has 1 saturated carbocycles. The molecule has 2 rings (SSSR count). The van der Waals surface area contributed by atoms with E-state index in [-0.39, 0.29) is 23.4 Å². The van der Waals surface area contributed by atoms with Gasteiger partial charge in [-0.3, -0.25) is 19.0 Å². The van der Waals surface area contributed by atoms with Crippen LogP contribution in [-0.4, -0.2) is 16.6 Å². The second-order valence-corrected chi connectivity index (χ2v) is 5.10. The molecule has 1 aromatic rings. The molecule has 1 aliphatic rings. The lowest BCUT2D eigenvalue weighted by Crippen LogP contribution is -2.33. The highest BCUT2D eigenvalue weighted by Gasteiger charge is 2.17. The summed E-state index contributed by atoms with van der Waals surface area (Å²) in [6, 6.07) is 0. The van der Waals surface area contributed by atoms with Gasteiger partial charge in [0.05, 0.1) is 6.10 Å². The van der Waals surface area contributed by atoms with Gasteiger partial charge in [-0.05, 0) is 19.8 Å². The van der Waals surface area contributed by atoms with Crippen molar-refractivity contribution in [3.63, 3.8) is 0 Å². The van der Waals surface area contributed by atoms with Crippen molar-refractivity contribution < 1.29 is 9.63 Å². The van der Waals surface area contributed by atoms with Crippen molar-refractivity contribution in [2.24, 2.45) is 0 Å². The molecule has 1 heterocycles. The monoisotopic (exact) mass is 256 g/mol. The van der Waals surface area contributed by atoms with Crippen LogP contribution >= 0.6 is 11.3 Å². The molecule has 1 N–H and O–H groups in total. The Morgan fingerprint density at radius 2 is 2.29 bits per heavy atom. The number of aryl methyl sites for hydroxylation is 1. The SMILES string of the molecule is Cc1csc(=O)n1CC(=O)NOC1CCCC1. The van der Waals surface area contributed by atoms with Crippen LogP contribution in [0.2, 0.25) is 0 Å². The minimum absolute atomic E-state index is 0.0287. The maximum absolute atomic E-state index is 11.6. The Morgan fingerprint density at radius 3 is 2.88 bits per heavy atom. The summed E-state index contributed by atoms with van der Waals surface area (Å²) < 4.78 is 1.44. The molecular weight excluding hydrogens is 240 g/mol. The van der Waals surface area contributed by atoms with Gasteiger partial charge in [0.15, 0.2) is 0 Å². The maximum atomic E-state index is 11.6. The number of carbonyl (C=O) groups excluding carboxylic acids is 1. The molecule has 1 aromatic heterocycles. The lowest BCUT2D eigenvalue weighted by atomic mass is 10.3. The quantitative estimate of drug-likeness (QED) is 0.824. The summed E-state index contributed by atoms with van der Waals surface area (Å²) in [6.45, 7) is 1.84. The number of hydrogen-bond acceptors (Lipinski definition) is 4. The van der Waals surface area contributed by atoms with Crippen molar-refractivity contribution in [3.8, 4) is 0 Å². The Bertz CT molecular complexity index is 446. The van der Waals surface area contributed by atoms with Crippen molar-refractivity contribution in [3.05, 3.63) is 20.7 Å². The van der Waals surface area contributed by atoms with Crippen LogP contribution in [0.15, 0.2) is 10.2 Å². The van der Waals surface area contributed by atoms with Crippen LogP contribution in [0.3, 0.4) is 0 Å². The van der Waals surface area contributed by atoms with Crippen LogP contribution in [0.1, 0.15) is 31.4 Å². The zero-order valence-electron chi connectivity index (χ0n) is 9.77. The summed E-state index contributed by atoms with van der Waals surface area (Å²) in [7, 11) is 0. The van der Waals surface area contributed by atoms with Gasteiger partial charge in [0, 0.05) is 11.1 Å². The first-order valence-electron chi connectivity index (χ1n) is 5.76. The van der Waals surface area contributed by atoms with E-state index in [1.807, 2.05) is 6.92 Å². The maximum Gasteiger partial charge on any atom is 0.307 e. The number of thiazole rings is 1. The van der Waals surface area contributed by atoms with Crippen molar-refractivity contribution in [2.45, 2.75) is 45.3 Å². The summed E-state index contributed by atoms with van der Waals surface area (Å²) in [5, 5.41) is 1.74. The van der Waals surface area contributed by atoms with Gasteiger partial charge in [-0.1, -0.05) is 24.2 Å². The molecule has 0 unspecified atom stereocenters. The number of aromatic nitrogens is 1. The largest absolute Gasteiger partial charge is 0.307 e. The van der Waals surface area contributed by atoms with E-state index in [2.05, 4.69) is 5.48 Å². The van der Waals surface area contributed by atoms with Gasteiger partial charge in [-0.15, -0.1) is 0 Å². The highest BCUT2D eigenvalue weighted by molar-refractivity contribution is 7.07. The van der Waals surface area contributed by atoms with E-state index in [0.717, 1.165) is 42.7 Å². The van der Waals surface area contributed by atoms with E-state index in [1.165, 1.54) is 4.57 Å². The van der Waals surface area contributed by atoms with Gasteiger partial charge in [0.1, 0.15) is 6.54 Å². The zero-order chi connectivity index (χ0) is 12.3. The Kier molecular flexibility index (Phi) is 3.96. The summed E-state index contributed by atoms with van der Waals surface area (Å²) in [6.07, 6.45) is 4.45. The molecule has 1 fully saturated rings. The predicted octanol–water partition coefficient (Wildman–Crippen LogP) is 1.21. The number of nitrogens with one attached hydrogen (secondary N) is 1. The number of nitrogens with zero attached hydrogens (tertiary/aromatic N) is 1. The molecule has 0 saturated heterocycles. The van der Waals surface area contributed by atoms with Crippen molar-refractivity contribution in [1.29, 1.82) is 0 Å². The van der Waals surface area contributed by atoms with Crippen molar-refractivity contribution in [1.82, 2.24) is 10.0 Å². The molecule has 17 heavy (non-hydrogen) atoms. The second-order valence-electron chi connectivity index (χ2n) is 4.28. The Balaban J connectivity index is 1.83. The fourth-order valence-electron chi connectivity index (χ4n) is 1.93. The lowest BCUT2D eigenvalue weighted by Gasteiger charge is -2.11. The minimum Gasteiger partial charge on any atom is -0.294 e. The van der Waals surface area contributed by atoms with E-state index in [4.69, 9.17) is 4.84 Å². The third-order valence-corrected chi connectivity index (χ3v) is 3.80. The van der Waals surface area contributed by atoms with E-state index >= 15 is 0 Å². The topological polar surface area (TPSA) is 60.3 Å². The second kappa shape index (κ2) is 5.46. The number of amides is 1. The molecule has 1 aliphatic carbocycles. The van der Waals surface area contributed by atoms with Crippen LogP contribution < -0.4 is 10.4 Å². The van der Waals surface area contributed by atoms with Gasteiger partial charge in [-0.25, -0.2) is 5.48 Å². The molecule has 94 valence electrons. The van der Waals surface area contributed by atoms with Gasteiger partial charge in [-0.2, -0.15) is 0 Å². The molecule has 1 amide bonds. The first-order chi connectivity index (χ1) is 8.16. The summed E-state index contributed by atoms with van der Waals surface area (Å²) in [4.78, 5) is 28.1. The van der Waals surface area contributed by atoms with E-state index < -0.39 is 0 Å². The molecule has 6 heteroatoms. The van der Waals surface area contributed by atoms with Crippen molar-refractivity contribution in [2.75, 3.05) is 0 Å². The average Bonchev–Trinajstić information content (AvgIpc) is 2.91. The highest BCUT2D eigenvalue weighted by atomic mass is 32.1. The number of rotatable bonds is 4. The van der Waals surface area contributed by atoms with Gasteiger partial charge in [0.2, 0.25) is 0 Å². The summed E-state index contributed by atoms with van der Waals surface area (Å²) in [5.74, 6) is -0.277. The minimum atomic E-state index is -0.277. The van der Waals surface area contributed by atoms with Gasteiger partial charge in [0.25, 0.3) is 5.91 Å². The van der Waals surface area contributed by atoms with Crippen LogP contribution in [0.25, 0.3) is 0 Å². The normalized spacial score (nSPS) is 16.3. The average molecular weight is 256 g/mol. The lowest BCUT2D eigenvalue weighted by molar-refractivity contribution is -0.138. The third kappa shape index (κ3) is 3.17. The molecule has 0 spiro atoms. The highest BCUT2D eigenvalue weighted by Crippen LogP contribution is 2.19. The van der Waals surface area contributed by atoms with Crippen LogP contribution in [-0.2, 0) is 16.2 Å². The first kappa shape index (κ1) is 12.3. The fourth-order valence-corrected chi connectivity index (χ4v) is 2.66. The fraction of sp³-hybridized carbons (Fsp3) is 0.636.